The minimum absolute atomic E-state index is 0.0189. The molecule has 0 aromatic carbocycles. The van der Waals surface area contributed by atoms with Gasteiger partial charge in [0, 0.05) is 5.38 Å². The first kappa shape index (κ1) is 10.5. The van der Waals surface area contributed by atoms with Crippen LogP contribution in [0.3, 0.4) is 0 Å². The van der Waals surface area contributed by atoms with Gasteiger partial charge in [0.25, 0.3) is 5.19 Å². The molecule has 0 saturated heterocycles. The number of nitrogens with zero attached hydrogens (tertiary/aromatic N) is 1. The Kier molecular flexibility index (Phi) is 3.69. The number of hydrogen-bond donors (Lipinski definition) is 1. The Labute approximate surface area is 82.9 Å². The quantitative estimate of drug-likeness (QED) is 0.810. The molecule has 1 aromatic heterocycles. The average molecular weight is 200 g/mol. The van der Waals surface area contributed by atoms with E-state index < -0.39 is 0 Å². The van der Waals surface area contributed by atoms with Crippen LogP contribution >= 0.6 is 11.3 Å². The average Bonchev–Trinajstić information content (AvgIpc) is 2.52. The van der Waals surface area contributed by atoms with Gasteiger partial charge in [-0.3, -0.25) is 0 Å². The molecule has 74 valence electrons. The molecule has 0 bridgehead atoms. The lowest BCUT2D eigenvalue weighted by atomic mass is 10.0. The molecule has 0 aliphatic carbocycles. The van der Waals surface area contributed by atoms with E-state index in [-0.39, 0.29) is 6.04 Å². The van der Waals surface area contributed by atoms with Crippen molar-refractivity contribution in [2.75, 3.05) is 6.61 Å². The van der Waals surface area contributed by atoms with Crippen LogP contribution in [-0.2, 0) is 0 Å². The lowest BCUT2D eigenvalue weighted by molar-refractivity contribution is 0.336. The summed E-state index contributed by atoms with van der Waals surface area (Å²) in [4.78, 5) is 4.29. The van der Waals surface area contributed by atoms with Crippen molar-refractivity contribution in [3.05, 3.63) is 11.1 Å². The standard InChI is InChI=1S/C9H16N2OS/c1-4-12-9-11-7(5-13-9)8(10)6(2)3/h5-6,8H,4,10H2,1-3H3. The molecule has 1 atom stereocenters. The third kappa shape index (κ3) is 2.67. The molecule has 0 aliphatic rings. The van der Waals surface area contributed by atoms with Gasteiger partial charge in [0.05, 0.1) is 18.3 Å². The molecular weight excluding hydrogens is 184 g/mol. The predicted octanol–water partition coefficient (Wildman–Crippen LogP) is 2.20. The fraction of sp³-hybridized carbons (Fsp3) is 0.667. The van der Waals surface area contributed by atoms with E-state index in [0.717, 1.165) is 5.69 Å². The molecule has 1 rings (SSSR count). The van der Waals surface area contributed by atoms with Gasteiger partial charge in [0.1, 0.15) is 0 Å². The first-order chi connectivity index (χ1) is 6.15. The van der Waals surface area contributed by atoms with E-state index in [9.17, 15) is 0 Å². The lowest BCUT2D eigenvalue weighted by Crippen LogP contribution is -2.16. The van der Waals surface area contributed by atoms with Crippen molar-refractivity contribution in [3.8, 4) is 5.19 Å². The highest BCUT2D eigenvalue weighted by Gasteiger charge is 2.14. The molecule has 0 saturated carbocycles. The molecule has 1 aromatic rings. The van der Waals surface area contributed by atoms with Crippen LogP contribution in [0, 0.1) is 5.92 Å². The summed E-state index contributed by atoms with van der Waals surface area (Å²) in [5.74, 6) is 0.413. The molecule has 2 N–H and O–H groups in total. The van der Waals surface area contributed by atoms with E-state index in [4.69, 9.17) is 10.5 Å². The Hall–Kier alpha value is -0.610. The zero-order valence-corrected chi connectivity index (χ0v) is 9.10. The predicted molar refractivity (Wildman–Crippen MR) is 55.0 cm³/mol. The molecule has 13 heavy (non-hydrogen) atoms. The Balaban J connectivity index is 2.67. The number of aromatic nitrogens is 1. The molecule has 1 heterocycles. The van der Waals surface area contributed by atoms with Crippen molar-refractivity contribution in [2.45, 2.75) is 26.8 Å². The van der Waals surface area contributed by atoms with Crippen LogP contribution in [0.5, 0.6) is 5.19 Å². The van der Waals surface area contributed by atoms with Gasteiger partial charge in [-0.1, -0.05) is 25.2 Å². The van der Waals surface area contributed by atoms with Crippen molar-refractivity contribution in [3.63, 3.8) is 0 Å². The maximum atomic E-state index is 5.94. The van der Waals surface area contributed by atoms with Crippen LogP contribution in [0.15, 0.2) is 5.38 Å². The normalized spacial score (nSPS) is 13.3. The smallest absolute Gasteiger partial charge is 0.273 e. The minimum atomic E-state index is 0.0189. The van der Waals surface area contributed by atoms with Gasteiger partial charge in [0.2, 0.25) is 0 Å². The first-order valence-corrected chi connectivity index (χ1v) is 5.37. The zero-order chi connectivity index (χ0) is 9.84. The maximum Gasteiger partial charge on any atom is 0.273 e. The molecule has 0 fully saturated rings. The van der Waals surface area contributed by atoms with Crippen LogP contribution in [0.25, 0.3) is 0 Å². The molecule has 4 heteroatoms. The van der Waals surface area contributed by atoms with Crippen LogP contribution in [-0.4, -0.2) is 11.6 Å². The van der Waals surface area contributed by atoms with Crippen molar-refractivity contribution >= 4 is 11.3 Å². The van der Waals surface area contributed by atoms with Gasteiger partial charge < -0.3 is 10.5 Å². The van der Waals surface area contributed by atoms with Gasteiger partial charge in [-0.05, 0) is 12.8 Å². The second-order valence-electron chi connectivity index (χ2n) is 3.24. The highest BCUT2D eigenvalue weighted by molar-refractivity contribution is 7.11. The third-order valence-electron chi connectivity index (χ3n) is 1.83. The summed E-state index contributed by atoms with van der Waals surface area (Å²) in [5.41, 5.74) is 6.87. The van der Waals surface area contributed by atoms with E-state index in [2.05, 4.69) is 18.8 Å². The second kappa shape index (κ2) is 4.58. The monoisotopic (exact) mass is 200 g/mol. The van der Waals surface area contributed by atoms with E-state index >= 15 is 0 Å². The van der Waals surface area contributed by atoms with Gasteiger partial charge >= 0.3 is 0 Å². The molecule has 0 radical (unpaired) electrons. The van der Waals surface area contributed by atoms with Gasteiger partial charge in [0.15, 0.2) is 0 Å². The van der Waals surface area contributed by atoms with E-state index in [1.54, 1.807) is 0 Å². The molecular formula is C9H16N2OS. The van der Waals surface area contributed by atoms with E-state index in [1.807, 2.05) is 12.3 Å². The number of rotatable bonds is 4. The Morgan fingerprint density at radius 1 is 1.62 bits per heavy atom. The summed E-state index contributed by atoms with van der Waals surface area (Å²) in [6.45, 7) is 6.78. The number of ether oxygens (including phenoxy) is 1. The minimum Gasteiger partial charge on any atom is -0.470 e. The highest BCUT2D eigenvalue weighted by Crippen LogP contribution is 2.24. The molecule has 0 spiro atoms. The number of thiazole rings is 1. The van der Waals surface area contributed by atoms with Crippen molar-refractivity contribution in [1.29, 1.82) is 0 Å². The Morgan fingerprint density at radius 2 is 2.31 bits per heavy atom. The van der Waals surface area contributed by atoms with Crippen molar-refractivity contribution < 1.29 is 4.74 Å². The molecule has 0 amide bonds. The fourth-order valence-electron chi connectivity index (χ4n) is 0.953. The van der Waals surface area contributed by atoms with Gasteiger partial charge in [-0.25, -0.2) is 4.98 Å². The third-order valence-corrected chi connectivity index (χ3v) is 2.60. The Morgan fingerprint density at radius 3 is 2.85 bits per heavy atom. The molecule has 1 unspecified atom stereocenters. The largest absolute Gasteiger partial charge is 0.470 e. The zero-order valence-electron chi connectivity index (χ0n) is 8.28. The Bertz CT molecular complexity index is 260. The van der Waals surface area contributed by atoms with E-state index in [0.29, 0.717) is 17.7 Å². The number of hydrogen-bond acceptors (Lipinski definition) is 4. The highest BCUT2D eigenvalue weighted by atomic mass is 32.1. The van der Waals surface area contributed by atoms with Crippen LogP contribution in [0.4, 0.5) is 0 Å². The molecule has 3 nitrogen and oxygen atoms in total. The van der Waals surface area contributed by atoms with E-state index in [1.165, 1.54) is 11.3 Å². The summed E-state index contributed by atoms with van der Waals surface area (Å²) in [6.07, 6.45) is 0. The van der Waals surface area contributed by atoms with Crippen LogP contribution in [0.1, 0.15) is 32.5 Å². The SMILES string of the molecule is CCOc1nc(C(N)C(C)C)cs1. The van der Waals surface area contributed by atoms with Crippen molar-refractivity contribution in [2.24, 2.45) is 11.7 Å². The second-order valence-corrected chi connectivity index (χ2v) is 4.06. The summed E-state index contributed by atoms with van der Waals surface area (Å²) in [7, 11) is 0. The van der Waals surface area contributed by atoms with Gasteiger partial charge in [-0.2, -0.15) is 0 Å². The summed E-state index contributed by atoms with van der Waals surface area (Å²) >= 11 is 1.51. The maximum absolute atomic E-state index is 5.94. The fourth-order valence-corrected chi connectivity index (χ4v) is 1.73. The van der Waals surface area contributed by atoms with Gasteiger partial charge in [-0.15, -0.1) is 0 Å². The summed E-state index contributed by atoms with van der Waals surface area (Å²) in [6, 6.07) is 0.0189. The van der Waals surface area contributed by atoms with Crippen LogP contribution < -0.4 is 10.5 Å². The lowest BCUT2D eigenvalue weighted by Gasteiger charge is -2.11. The molecule has 0 aliphatic heterocycles. The number of nitrogens with two attached hydrogens (primary N) is 1. The first-order valence-electron chi connectivity index (χ1n) is 4.49. The summed E-state index contributed by atoms with van der Waals surface area (Å²) < 4.78 is 5.27. The van der Waals surface area contributed by atoms with Crippen molar-refractivity contribution in [1.82, 2.24) is 4.98 Å². The van der Waals surface area contributed by atoms with Crippen LogP contribution in [0.2, 0.25) is 0 Å². The topological polar surface area (TPSA) is 48.1 Å². The summed E-state index contributed by atoms with van der Waals surface area (Å²) in [5, 5.41) is 2.68.